The van der Waals surface area contributed by atoms with Crippen LogP contribution >= 0.6 is 0 Å². The van der Waals surface area contributed by atoms with Crippen molar-refractivity contribution in [2.24, 2.45) is 5.92 Å². The van der Waals surface area contributed by atoms with Crippen molar-refractivity contribution in [3.05, 3.63) is 17.7 Å². The molecule has 1 aliphatic rings. The summed E-state index contributed by atoms with van der Waals surface area (Å²) in [5, 5.41) is 19.1. The lowest BCUT2D eigenvalue weighted by atomic mass is 9.89. The fourth-order valence-electron chi connectivity index (χ4n) is 2.49. The maximum Gasteiger partial charge on any atom is 0.303 e. The highest BCUT2D eigenvalue weighted by Gasteiger charge is 2.37. The van der Waals surface area contributed by atoms with E-state index < -0.39 is 5.97 Å². The molecule has 0 heterocycles. The highest BCUT2D eigenvalue weighted by molar-refractivity contribution is 5.69. The van der Waals surface area contributed by atoms with E-state index in [0.29, 0.717) is 23.0 Å². The van der Waals surface area contributed by atoms with E-state index in [9.17, 15) is 9.90 Å². The number of methoxy groups -OCH3 is 2. The summed E-state index contributed by atoms with van der Waals surface area (Å²) in [7, 11) is 3.01. The second-order valence-corrected chi connectivity index (χ2v) is 4.78. The van der Waals surface area contributed by atoms with Gasteiger partial charge in [0.25, 0.3) is 0 Å². The van der Waals surface area contributed by atoms with Crippen LogP contribution in [-0.4, -0.2) is 30.4 Å². The van der Waals surface area contributed by atoms with Gasteiger partial charge in [0.2, 0.25) is 0 Å². The predicted molar refractivity (Wildman–Crippen MR) is 68.9 cm³/mol. The first-order valence-electron chi connectivity index (χ1n) is 6.24. The van der Waals surface area contributed by atoms with Gasteiger partial charge in [-0.3, -0.25) is 4.79 Å². The molecule has 0 bridgehead atoms. The summed E-state index contributed by atoms with van der Waals surface area (Å²) in [5.74, 6) is 0.189. The minimum Gasteiger partial charge on any atom is -0.508 e. The van der Waals surface area contributed by atoms with Crippen molar-refractivity contribution in [3.8, 4) is 17.2 Å². The van der Waals surface area contributed by atoms with Crippen molar-refractivity contribution in [2.45, 2.75) is 25.2 Å². The van der Waals surface area contributed by atoms with Crippen molar-refractivity contribution < 1.29 is 24.5 Å². The van der Waals surface area contributed by atoms with E-state index in [1.165, 1.54) is 20.3 Å². The van der Waals surface area contributed by atoms with Crippen LogP contribution < -0.4 is 9.47 Å². The maximum atomic E-state index is 11.0. The fourth-order valence-corrected chi connectivity index (χ4v) is 2.49. The number of aliphatic carboxylic acids is 1. The molecule has 19 heavy (non-hydrogen) atoms. The van der Waals surface area contributed by atoms with Gasteiger partial charge in [-0.1, -0.05) is 0 Å². The number of carbonyl (C=O) groups is 1. The molecule has 1 atom stereocenters. The predicted octanol–water partition coefficient (Wildman–Crippen LogP) is 2.38. The van der Waals surface area contributed by atoms with Gasteiger partial charge in [0, 0.05) is 11.5 Å². The Kier molecular flexibility index (Phi) is 3.83. The van der Waals surface area contributed by atoms with Crippen molar-refractivity contribution >= 4 is 5.97 Å². The third kappa shape index (κ3) is 2.75. The van der Waals surface area contributed by atoms with E-state index in [1.807, 2.05) is 0 Å². The molecule has 104 valence electrons. The third-order valence-electron chi connectivity index (χ3n) is 3.52. The molecule has 0 radical (unpaired) electrons. The molecule has 1 aromatic carbocycles. The first-order valence-corrected chi connectivity index (χ1v) is 6.24. The topological polar surface area (TPSA) is 76.0 Å². The van der Waals surface area contributed by atoms with E-state index in [4.69, 9.17) is 14.6 Å². The van der Waals surface area contributed by atoms with Gasteiger partial charge < -0.3 is 19.7 Å². The van der Waals surface area contributed by atoms with Crippen LogP contribution in [0.4, 0.5) is 0 Å². The van der Waals surface area contributed by atoms with Crippen LogP contribution in [0.15, 0.2) is 12.1 Å². The van der Waals surface area contributed by atoms with Gasteiger partial charge in [0.05, 0.1) is 20.6 Å². The van der Waals surface area contributed by atoms with Crippen LogP contribution in [0.25, 0.3) is 0 Å². The summed E-state index contributed by atoms with van der Waals surface area (Å²) < 4.78 is 10.5. The summed E-state index contributed by atoms with van der Waals surface area (Å²) in [6.07, 6.45) is 1.96. The van der Waals surface area contributed by atoms with Crippen LogP contribution in [0.1, 0.15) is 30.7 Å². The van der Waals surface area contributed by atoms with Crippen molar-refractivity contribution in [3.63, 3.8) is 0 Å². The Morgan fingerprint density at radius 3 is 2.53 bits per heavy atom. The fraction of sp³-hybridized carbons (Fsp3) is 0.500. The standard InChI is InChI=1S/C14H18O5/c1-18-11-6-5-10(15)13(14(11)19-2)9(7-12(16)17)8-3-4-8/h5-6,8-9,15H,3-4,7H2,1-2H3,(H,16,17). The van der Waals surface area contributed by atoms with Crippen molar-refractivity contribution in [1.29, 1.82) is 0 Å². The summed E-state index contributed by atoms with van der Waals surface area (Å²) in [6, 6.07) is 3.14. The average molecular weight is 266 g/mol. The lowest BCUT2D eigenvalue weighted by Gasteiger charge is -2.21. The highest BCUT2D eigenvalue weighted by Crippen LogP contribution is 2.51. The first kappa shape index (κ1) is 13.5. The minimum atomic E-state index is -0.874. The monoisotopic (exact) mass is 266 g/mol. The van der Waals surface area contributed by atoms with E-state index >= 15 is 0 Å². The van der Waals surface area contributed by atoms with Gasteiger partial charge in [-0.05, 0) is 30.9 Å². The molecule has 0 aliphatic heterocycles. The molecule has 0 spiro atoms. The number of rotatable bonds is 6. The Hall–Kier alpha value is -1.91. The van der Waals surface area contributed by atoms with Crippen LogP contribution in [0.3, 0.4) is 0 Å². The second-order valence-electron chi connectivity index (χ2n) is 4.78. The Labute approximate surface area is 111 Å². The zero-order chi connectivity index (χ0) is 14.0. The Morgan fingerprint density at radius 2 is 2.05 bits per heavy atom. The molecule has 1 fully saturated rings. The zero-order valence-corrected chi connectivity index (χ0v) is 11.0. The normalized spacial score (nSPS) is 15.9. The number of carboxylic acid groups (broad SMARTS) is 1. The van der Waals surface area contributed by atoms with Crippen LogP contribution in [0, 0.1) is 5.92 Å². The van der Waals surface area contributed by atoms with Crippen LogP contribution in [0.5, 0.6) is 17.2 Å². The summed E-state index contributed by atoms with van der Waals surface area (Å²) in [4.78, 5) is 11.0. The quantitative estimate of drug-likeness (QED) is 0.826. The highest BCUT2D eigenvalue weighted by atomic mass is 16.5. The number of phenolic OH excluding ortho intramolecular Hbond substituents is 1. The number of benzene rings is 1. The minimum absolute atomic E-state index is 0.0121. The van der Waals surface area contributed by atoms with E-state index in [-0.39, 0.29) is 18.1 Å². The number of hydrogen-bond acceptors (Lipinski definition) is 4. The van der Waals surface area contributed by atoms with Crippen LogP contribution in [0.2, 0.25) is 0 Å². The molecule has 0 amide bonds. The third-order valence-corrected chi connectivity index (χ3v) is 3.52. The molecule has 5 nitrogen and oxygen atoms in total. The Balaban J connectivity index is 2.47. The molecule has 0 aromatic heterocycles. The number of aromatic hydroxyl groups is 1. The number of carboxylic acids is 1. The zero-order valence-electron chi connectivity index (χ0n) is 11.0. The average Bonchev–Trinajstić information content (AvgIpc) is 3.19. The van der Waals surface area contributed by atoms with Gasteiger partial charge in [-0.25, -0.2) is 0 Å². The number of phenols is 1. The van der Waals surface area contributed by atoms with Gasteiger partial charge in [0.1, 0.15) is 5.75 Å². The lowest BCUT2D eigenvalue weighted by molar-refractivity contribution is -0.137. The van der Waals surface area contributed by atoms with Gasteiger partial charge in [0.15, 0.2) is 11.5 Å². The van der Waals surface area contributed by atoms with E-state index in [1.54, 1.807) is 6.07 Å². The molecule has 1 saturated carbocycles. The number of hydrogen-bond donors (Lipinski definition) is 2. The van der Waals surface area contributed by atoms with Crippen molar-refractivity contribution in [1.82, 2.24) is 0 Å². The summed E-state index contributed by atoms with van der Waals surface area (Å²) in [6.45, 7) is 0. The Morgan fingerprint density at radius 1 is 1.37 bits per heavy atom. The Bertz CT molecular complexity index is 479. The van der Waals surface area contributed by atoms with Crippen LogP contribution in [-0.2, 0) is 4.79 Å². The van der Waals surface area contributed by atoms with E-state index in [0.717, 1.165) is 12.8 Å². The first-order chi connectivity index (χ1) is 9.08. The van der Waals surface area contributed by atoms with Gasteiger partial charge >= 0.3 is 5.97 Å². The van der Waals surface area contributed by atoms with Crippen molar-refractivity contribution in [2.75, 3.05) is 14.2 Å². The number of ether oxygens (including phenoxy) is 2. The molecule has 5 heteroatoms. The second kappa shape index (κ2) is 5.38. The molecule has 0 saturated heterocycles. The van der Waals surface area contributed by atoms with Gasteiger partial charge in [-0.2, -0.15) is 0 Å². The lowest BCUT2D eigenvalue weighted by Crippen LogP contribution is -2.10. The molecular weight excluding hydrogens is 248 g/mol. The van der Waals surface area contributed by atoms with Gasteiger partial charge in [-0.15, -0.1) is 0 Å². The summed E-state index contributed by atoms with van der Waals surface area (Å²) >= 11 is 0. The molecule has 2 N–H and O–H groups in total. The molecule has 1 aromatic rings. The van der Waals surface area contributed by atoms with E-state index in [2.05, 4.69) is 0 Å². The largest absolute Gasteiger partial charge is 0.508 e. The SMILES string of the molecule is COc1ccc(O)c(C(CC(=O)O)C2CC2)c1OC. The maximum absolute atomic E-state index is 11.0. The molecule has 1 aliphatic carbocycles. The molecule has 2 rings (SSSR count). The summed E-state index contributed by atoms with van der Waals surface area (Å²) in [5.41, 5.74) is 0.548. The smallest absolute Gasteiger partial charge is 0.303 e. The molecule has 1 unspecified atom stereocenters. The molecular formula is C14H18O5.